The van der Waals surface area contributed by atoms with Crippen LogP contribution in [-0.4, -0.2) is 31.9 Å². The van der Waals surface area contributed by atoms with Crippen molar-refractivity contribution in [2.24, 2.45) is 11.5 Å². The van der Waals surface area contributed by atoms with Crippen molar-refractivity contribution in [2.45, 2.75) is 37.9 Å². The Labute approximate surface area is 120 Å². The first-order valence-electron chi connectivity index (χ1n) is 6.50. The Balaban J connectivity index is 0.000000240. The zero-order valence-corrected chi connectivity index (χ0v) is 12.4. The van der Waals surface area contributed by atoms with Crippen LogP contribution in [0.5, 0.6) is 5.75 Å². The molecule has 1 saturated carbocycles. The maximum absolute atomic E-state index is 10.7. The maximum Gasteiger partial charge on any atom is 0.209 e. The highest BCUT2D eigenvalue weighted by atomic mass is 32.2. The van der Waals surface area contributed by atoms with Crippen LogP contribution >= 0.6 is 0 Å². The summed E-state index contributed by atoms with van der Waals surface area (Å²) < 4.78 is 23.8. The summed E-state index contributed by atoms with van der Waals surface area (Å²) in [6, 6.07) is 7.24. The highest BCUT2D eigenvalue weighted by Gasteiger charge is 2.16. The van der Waals surface area contributed by atoms with Crippen molar-refractivity contribution in [3.8, 4) is 5.75 Å². The Hall–Kier alpha value is -1.15. The van der Waals surface area contributed by atoms with Gasteiger partial charge in [0.1, 0.15) is 5.75 Å². The molecule has 0 unspecified atom stereocenters. The number of nitrogens with two attached hydrogens (primary N) is 2. The van der Waals surface area contributed by atoms with Crippen LogP contribution in [0.15, 0.2) is 24.3 Å². The summed E-state index contributed by atoms with van der Waals surface area (Å²) in [6.07, 6.45) is 4.37. The van der Waals surface area contributed by atoms with Crippen molar-refractivity contribution in [3.05, 3.63) is 29.8 Å². The second-order valence-corrected chi connectivity index (χ2v) is 6.93. The highest BCUT2D eigenvalue weighted by molar-refractivity contribution is 7.88. The molecular weight excluding hydrogens is 278 g/mol. The van der Waals surface area contributed by atoms with Crippen LogP contribution in [0.25, 0.3) is 0 Å². The fraction of sp³-hybridized carbons (Fsp3) is 0.538. The molecule has 0 amide bonds. The molecule has 7 heteroatoms. The molecule has 2 atom stereocenters. The van der Waals surface area contributed by atoms with Gasteiger partial charge >= 0.3 is 0 Å². The molecule has 0 aliphatic heterocycles. The molecule has 1 aromatic rings. The molecule has 114 valence electrons. The number of hydrogen-bond acceptors (Lipinski definition) is 5. The van der Waals surface area contributed by atoms with Gasteiger partial charge in [0.25, 0.3) is 0 Å². The Kier molecular flexibility index (Phi) is 6.41. The molecule has 0 aromatic heterocycles. The summed E-state index contributed by atoms with van der Waals surface area (Å²) in [5.41, 5.74) is 11.8. The van der Waals surface area contributed by atoms with Crippen LogP contribution in [0.4, 0.5) is 0 Å². The minimum atomic E-state index is -3.17. The average Bonchev–Trinajstić information content (AvgIpc) is 2.71. The second kappa shape index (κ2) is 7.58. The number of phenols is 1. The van der Waals surface area contributed by atoms with Gasteiger partial charge in [-0.05, 0) is 37.0 Å². The third kappa shape index (κ3) is 7.44. The molecule has 1 aliphatic rings. The minimum Gasteiger partial charge on any atom is -0.508 e. The van der Waals surface area contributed by atoms with E-state index in [2.05, 4.69) is 4.72 Å². The highest BCUT2D eigenvalue weighted by Crippen LogP contribution is 2.14. The van der Waals surface area contributed by atoms with Gasteiger partial charge in [-0.3, -0.25) is 0 Å². The molecule has 0 radical (unpaired) electrons. The summed E-state index contributed by atoms with van der Waals surface area (Å²) >= 11 is 0. The third-order valence-corrected chi connectivity index (χ3v) is 3.63. The zero-order chi connectivity index (χ0) is 15.2. The van der Waals surface area contributed by atoms with Gasteiger partial charge < -0.3 is 16.6 Å². The maximum atomic E-state index is 10.7. The normalized spacial score (nSPS) is 22.1. The van der Waals surface area contributed by atoms with Crippen LogP contribution in [0.3, 0.4) is 0 Å². The van der Waals surface area contributed by atoms with Crippen LogP contribution in [0.2, 0.25) is 0 Å². The topological polar surface area (TPSA) is 118 Å². The van der Waals surface area contributed by atoms with Gasteiger partial charge in [0, 0.05) is 18.6 Å². The van der Waals surface area contributed by atoms with Gasteiger partial charge in [-0.25, -0.2) is 13.1 Å². The van der Waals surface area contributed by atoms with Gasteiger partial charge in [0.2, 0.25) is 10.0 Å². The Bertz CT molecular complexity index is 511. The lowest BCUT2D eigenvalue weighted by atomic mass is 10.2. The predicted octanol–water partition coefficient (Wildman–Crippen LogP) is 0.266. The van der Waals surface area contributed by atoms with Gasteiger partial charge in [-0.15, -0.1) is 0 Å². The summed E-state index contributed by atoms with van der Waals surface area (Å²) in [5, 5.41) is 9.07. The molecule has 1 fully saturated rings. The SMILES string of the molecule is CS(=O)(=O)NCc1cccc(O)c1.N[C@@H]1CC[C@H](N)C1. The van der Waals surface area contributed by atoms with Gasteiger partial charge in [-0.2, -0.15) is 0 Å². The fourth-order valence-electron chi connectivity index (χ4n) is 1.93. The smallest absolute Gasteiger partial charge is 0.209 e. The Morgan fingerprint density at radius 1 is 1.30 bits per heavy atom. The molecule has 0 spiro atoms. The number of nitrogens with one attached hydrogen (secondary N) is 1. The lowest BCUT2D eigenvalue weighted by Crippen LogP contribution is -2.21. The molecule has 6 N–H and O–H groups in total. The lowest BCUT2D eigenvalue weighted by molar-refractivity contribution is 0.474. The van der Waals surface area contributed by atoms with E-state index >= 15 is 0 Å². The summed E-state index contributed by atoms with van der Waals surface area (Å²) in [7, 11) is -3.17. The monoisotopic (exact) mass is 301 g/mol. The number of rotatable bonds is 3. The Morgan fingerprint density at radius 3 is 2.30 bits per heavy atom. The Morgan fingerprint density at radius 2 is 1.90 bits per heavy atom. The first-order valence-corrected chi connectivity index (χ1v) is 8.39. The number of benzene rings is 1. The minimum absolute atomic E-state index is 0.132. The van der Waals surface area contributed by atoms with Crippen molar-refractivity contribution in [3.63, 3.8) is 0 Å². The molecule has 2 rings (SSSR count). The number of hydrogen-bond donors (Lipinski definition) is 4. The third-order valence-electron chi connectivity index (χ3n) is 2.96. The van der Waals surface area contributed by atoms with E-state index < -0.39 is 10.0 Å². The standard InChI is InChI=1S/C8H11NO3S.C5H12N2/c1-13(11,12)9-6-7-3-2-4-8(10)5-7;6-4-1-2-5(7)3-4/h2-5,9-10H,6H2,1H3;4-5H,1-3,6-7H2/t;4-,5+. The molecule has 1 aromatic carbocycles. The van der Waals surface area contributed by atoms with Crippen molar-refractivity contribution < 1.29 is 13.5 Å². The summed E-state index contributed by atoms with van der Waals surface area (Å²) in [4.78, 5) is 0. The zero-order valence-electron chi connectivity index (χ0n) is 11.6. The molecule has 0 heterocycles. The van der Waals surface area contributed by atoms with Crippen LogP contribution in [-0.2, 0) is 16.6 Å². The van der Waals surface area contributed by atoms with E-state index in [1.54, 1.807) is 12.1 Å². The van der Waals surface area contributed by atoms with Crippen molar-refractivity contribution in [1.82, 2.24) is 4.72 Å². The van der Waals surface area contributed by atoms with E-state index in [0.717, 1.165) is 31.1 Å². The second-order valence-electron chi connectivity index (χ2n) is 5.10. The molecule has 20 heavy (non-hydrogen) atoms. The van der Waals surface area contributed by atoms with E-state index in [1.807, 2.05) is 0 Å². The van der Waals surface area contributed by atoms with E-state index in [1.165, 1.54) is 12.1 Å². The van der Waals surface area contributed by atoms with Crippen LogP contribution in [0, 0.1) is 0 Å². The first kappa shape index (κ1) is 16.9. The van der Waals surface area contributed by atoms with Crippen molar-refractivity contribution >= 4 is 10.0 Å². The molecule has 0 bridgehead atoms. The first-order chi connectivity index (χ1) is 9.26. The van der Waals surface area contributed by atoms with Crippen molar-refractivity contribution in [2.75, 3.05) is 6.26 Å². The predicted molar refractivity (Wildman–Crippen MR) is 79.6 cm³/mol. The van der Waals surface area contributed by atoms with Crippen molar-refractivity contribution in [1.29, 1.82) is 0 Å². The fourth-order valence-corrected chi connectivity index (χ4v) is 2.36. The molecule has 6 nitrogen and oxygen atoms in total. The van der Waals surface area contributed by atoms with Crippen LogP contribution < -0.4 is 16.2 Å². The number of aromatic hydroxyl groups is 1. The molecule has 1 aliphatic carbocycles. The summed E-state index contributed by atoms with van der Waals surface area (Å²) in [5.74, 6) is 0.132. The molecular formula is C13H23N3O3S. The van der Waals surface area contributed by atoms with E-state index in [-0.39, 0.29) is 12.3 Å². The van der Waals surface area contributed by atoms with Gasteiger partial charge in [-0.1, -0.05) is 12.1 Å². The molecule has 0 saturated heterocycles. The average molecular weight is 301 g/mol. The van der Waals surface area contributed by atoms with E-state index in [9.17, 15) is 8.42 Å². The largest absolute Gasteiger partial charge is 0.508 e. The lowest BCUT2D eigenvalue weighted by Gasteiger charge is -2.02. The van der Waals surface area contributed by atoms with Gasteiger partial charge in [0.05, 0.1) is 6.26 Å². The van der Waals surface area contributed by atoms with Crippen LogP contribution in [0.1, 0.15) is 24.8 Å². The van der Waals surface area contributed by atoms with E-state index in [4.69, 9.17) is 16.6 Å². The van der Waals surface area contributed by atoms with Gasteiger partial charge in [0.15, 0.2) is 0 Å². The van der Waals surface area contributed by atoms with E-state index in [0.29, 0.717) is 12.1 Å². The number of sulfonamides is 1. The quantitative estimate of drug-likeness (QED) is 0.639. The summed E-state index contributed by atoms with van der Waals surface area (Å²) in [6.45, 7) is 0.202. The number of phenolic OH excluding ortho intramolecular Hbond substituents is 1.